The van der Waals surface area contributed by atoms with Crippen molar-refractivity contribution in [3.63, 3.8) is 0 Å². The van der Waals surface area contributed by atoms with Crippen molar-refractivity contribution in [3.05, 3.63) is 102 Å². The molecule has 0 spiro atoms. The zero-order valence-corrected chi connectivity index (χ0v) is 16.8. The molecule has 5 rings (SSSR count). The molecule has 2 aromatic carbocycles. The molecule has 2 atom stereocenters. The van der Waals surface area contributed by atoms with E-state index >= 15 is 0 Å². The van der Waals surface area contributed by atoms with E-state index in [2.05, 4.69) is 36.1 Å². The van der Waals surface area contributed by atoms with Gasteiger partial charge in [0, 0.05) is 6.20 Å². The summed E-state index contributed by atoms with van der Waals surface area (Å²) in [7, 11) is 0. The molecule has 5 nitrogen and oxygen atoms in total. The Labute approximate surface area is 175 Å². The van der Waals surface area contributed by atoms with Gasteiger partial charge < -0.3 is 14.0 Å². The third-order valence-corrected chi connectivity index (χ3v) is 5.80. The van der Waals surface area contributed by atoms with Crippen molar-refractivity contribution in [2.45, 2.75) is 25.4 Å². The van der Waals surface area contributed by atoms with Crippen molar-refractivity contribution >= 4 is 17.4 Å². The molecule has 1 aliphatic heterocycles. The van der Waals surface area contributed by atoms with E-state index in [1.54, 1.807) is 12.1 Å². The summed E-state index contributed by atoms with van der Waals surface area (Å²) in [6, 6.07) is 23.7. The summed E-state index contributed by atoms with van der Waals surface area (Å²) in [6.07, 6.45) is 4.85. The van der Waals surface area contributed by atoms with Crippen LogP contribution in [-0.4, -0.2) is 28.0 Å². The maximum absolute atomic E-state index is 12.5. The molecule has 4 aromatic rings. The zero-order chi connectivity index (χ0) is 20.5. The van der Waals surface area contributed by atoms with Crippen LogP contribution in [0.1, 0.15) is 34.5 Å². The van der Waals surface area contributed by atoms with E-state index < -0.39 is 0 Å². The molecule has 0 saturated heterocycles. The maximum Gasteiger partial charge on any atom is 0.338 e. The predicted molar refractivity (Wildman–Crippen MR) is 117 cm³/mol. The lowest BCUT2D eigenvalue weighted by atomic mass is 9.89. The first-order valence-corrected chi connectivity index (χ1v) is 10.2. The molecule has 3 heterocycles. The summed E-state index contributed by atoms with van der Waals surface area (Å²) in [5.41, 5.74) is 4.06. The van der Waals surface area contributed by atoms with Gasteiger partial charge in [-0.2, -0.15) is 0 Å². The number of nitrogens with zero attached hydrogens (tertiary/aromatic N) is 3. The quantitative estimate of drug-likeness (QED) is 0.469. The van der Waals surface area contributed by atoms with E-state index in [9.17, 15) is 4.79 Å². The van der Waals surface area contributed by atoms with Gasteiger partial charge in [0.25, 0.3) is 0 Å². The van der Waals surface area contributed by atoms with Gasteiger partial charge in [0.15, 0.2) is 0 Å². The number of fused-ring (bicyclic) bond motifs is 2. The van der Waals surface area contributed by atoms with Crippen LogP contribution in [0.15, 0.2) is 85.2 Å². The first kappa shape index (κ1) is 18.4. The minimum absolute atomic E-state index is 0.00692. The maximum atomic E-state index is 12.5. The number of hydrogen-bond donors (Lipinski definition) is 0. The highest BCUT2D eigenvalue weighted by atomic mass is 16.5. The Bertz CT molecular complexity index is 1150. The summed E-state index contributed by atoms with van der Waals surface area (Å²) in [6.45, 7) is 2.49. The second kappa shape index (κ2) is 7.67. The molecular weight excluding hydrogens is 374 g/mol. The molecule has 0 fully saturated rings. The van der Waals surface area contributed by atoms with Gasteiger partial charge in [-0.25, -0.2) is 9.78 Å². The van der Waals surface area contributed by atoms with Crippen LogP contribution < -0.4 is 4.90 Å². The molecule has 2 unspecified atom stereocenters. The molecule has 0 saturated carbocycles. The van der Waals surface area contributed by atoms with E-state index in [1.165, 1.54) is 11.1 Å². The van der Waals surface area contributed by atoms with Crippen LogP contribution in [0.4, 0.5) is 5.82 Å². The standard InChI is InChI=1S/C25H23N3O2/c1-18-22-12-6-5-11-20(22)15-21(17-30-25(29)19-9-3-2-4-10-19)28(18)24-16-27-14-8-7-13-23(27)26-24/h2-14,16,18,21H,15,17H2,1H3. The number of imidazole rings is 1. The lowest BCUT2D eigenvalue weighted by molar-refractivity contribution is 0.0471. The molecule has 1 aliphatic rings. The molecule has 0 N–H and O–H groups in total. The second-order valence-corrected chi connectivity index (χ2v) is 7.67. The largest absolute Gasteiger partial charge is 0.460 e. The number of hydrogen-bond acceptors (Lipinski definition) is 4. The fourth-order valence-corrected chi connectivity index (χ4v) is 4.35. The van der Waals surface area contributed by atoms with E-state index in [0.29, 0.717) is 12.2 Å². The lowest BCUT2D eigenvalue weighted by Gasteiger charge is -2.41. The Hall–Kier alpha value is -3.60. The number of esters is 1. The fourth-order valence-electron chi connectivity index (χ4n) is 4.35. The Morgan fingerprint density at radius 2 is 1.80 bits per heavy atom. The van der Waals surface area contributed by atoms with Crippen LogP contribution in [0.3, 0.4) is 0 Å². The number of aromatic nitrogens is 2. The number of pyridine rings is 1. The molecule has 150 valence electrons. The molecule has 2 aromatic heterocycles. The Balaban J connectivity index is 1.47. The monoisotopic (exact) mass is 397 g/mol. The van der Waals surface area contributed by atoms with Crippen molar-refractivity contribution in [2.75, 3.05) is 11.5 Å². The molecule has 0 bridgehead atoms. The summed E-state index contributed by atoms with van der Waals surface area (Å²) < 4.78 is 7.76. The van der Waals surface area contributed by atoms with Crippen molar-refractivity contribution in [3.8, 4) is 0 Å². The lowest BCUT2D eigenvalue weighted by Crippen LogP contribution is -2.46. The van der Waals surface area contributed by atoms with E-state index in [4.69, 9.17) is 9.72 Å². The van der Waals surface area contributed by atoms with Gasteiger partial charge in [-0.05, 0) is 48.7 Å². The third-order valence-electron chi connectivity index (χ3n) is 5.80. The summed E-state index contributed by atoms with van der Waals surface area (Å²) in [5, 5.41) is 0. The van der Waals surface area contributed by atoms with Crippen molar-refractivity contribution in [1.82, 2.24) is 9.38 Å². The minimum Gasteiger partial charge on any atom is -0.460 e. The highest BCUT2D eigenvalue weighted by Crippen LogP contribution is 2.36. The number of rotatable bonds is 4. The van der Waals surface area contributed by atoms with Gasteiger partial charge in [-0.1, -0.05) is 48.5 Å². The van der Waals surface area contributed by atoms with Crippen LogP contribution in [0.5, 0.6) is 0 Å². The summed E-state index contributed by atoms with van der Waals surface area (Å²) in [4.78, 5) is 19.7. The van der Waals surface area contributed by atoms with Gasteiger partial charge in [-0.3, -0.25) is 0 Å². The van der Waals surface area contributed by atoms with Gasteiger partial charge in [0.05, 0.1) is 23.8 Å². The van der Waals surface area contributed by atoms with E-state index in [-0.39, 0.29) is 18.1 Å². The number of ether oxygens (including phenoxy) is 1. The fraction of sp³-hybridized carbons (Fsp3) is 0.200. The molecular formula is C25H23N3O2. The number of anilines is 1. The summed E-state index contributed by atoms with van der Waals surface area (Å²) >= 11 is 0. The van der Waals surface area contributed by atoms with Crippen LogP contribution in [0, 0.1) is 0 Å². The second-order valence-electron chi connectivity index (χ2n) is 7.67. The molecule has 30 heavy (non-hydrogen) atoms. The van der Waals surface area contributed by atoms with Gasteiger partial charge in [0.1, 0.15) is 18.1 Å². The highest BCUT2D eigenvalue weighted by Gasteiger charge is 2.34. The summed E-state index contributed by atoms with van der Waals surface area (Å²) in [5.74, 6) is 0.598. The third kappa shape index (κ3) is 3.32. The van der Waals surface area contributed by atoms with Crippen molar-refractivity contribution in [1.29, 1.82) is 0 Å². The average Bonchev–Trinajstić information content (AvgIpc) is 3.22. The van der Waals surface area contributed by atoms with Crippen molar-refractivity contribution < 1.29 is 9.53 Å². The molecule has 5 heteroatoms. The van der Waals surface area contributed by atoms with Crippen LogP contribution in [0.2, 0.25) is 0 Å². The number of carbonyl (C=O) groups is 1. The first-order chi connectivity index (χ1) is 14.7. The smallest absolute Gasteiger partial charge is 0.338 e. The predicted octanol–water partition coefficient (Wildman–Crippen LogP) is 4.68. The van der Waals surface area contributed by atoms with Gasteiger partial charge in [-0.15, -0.1) is 0 Å². The normalized spacial score (nSPS) is 18.2. The Morgan fingerprint density at radius 1 is 1.03 bits per heavy atom. The molecule has 0 amide bonds. The van der Waals surface area contributed by atoms with E-state index in [0.717, 1.165) is 17.9 Å². The van der Waals surface area contributed by atoms with E-state index in [1.807, 2.05) is 53.2 Å². The molecule has 0 aliphatic carbocycles. The van der Waals surface area contributed by atoms with Crippen LogP contribution >= 0.6 is 0 Å². The topological polar surface area (TPSA) is 46.8 Å². The Kier molecular flexibility index (Phi) is 4.71. The Morgan fingerprint density at radius 3 is 2.63 bits per heavy atom. The average molecular weight is 397 g/mol. The van der Waals surface area contributed by atoms with Crippen LogP contribution in [0.25, 0.3) is 5.65 Å². The number of carbonyl (C=O) groups excluding carboxylic acids is 1. The molecule has 0 radical (unpaired) electrons. The first-order valence-electron chi connectivity index (χ1n) is 10.2. The van der Waals surface area contributed by atoms with Crippen molar-refractivity contribution in [2.24, 2.45) is 0 Å². The highest BCUT2D eigenvalue weighted by molar-refractivity contribution is 5.89. The minimum atomic E-state index is -0.294. The number of benzene rings is 2. The van der Waals surface area contributed by atoms with Crippen LogP contribution in [-0.2, 0) is 11.2 Å². The van der Waals surface area contributed by atoms with Gasteiger partial charge in [0.2, 0.25) is 0 Å². The SMILES string of the molecule is CC1c2ccccc2CC(COC(=O)c2ccccc2)N1c1cn2ccccc2n1. The van der Waals surface area contributed by atoms with Gasteiger partial charge >= 0.3 is 5.97 Å². The zero-order valence-electron chi connectivity index (χ0n) is 16.8.